The average molecular weight is 521 g/mol. The zero-order valence-corrected chi connectivity index (χ0v) is 21.4. The molecule has 196 valence electrons. The summed E-state index contributed by atoms with van der Waals surface area (Å²) in [5.74, 6) is -0.735. The van der Waals surface area contributed by atoms with Gasteiger partial charge in [-0.3, -0.25) is 13.6 Å². The number of carbonyl (C=O) groups is 1. The van der Waals surface area contributed by atoms with E-state index < -0.39 is 32.6 Å². The third-order valence-electron chi connectivity index (χ3n) is 5.06. The second-order valence-electron chi connectivity index (χ2n) is 8.01. The minimum absolute atomic E-state index is 0.0601. The van der Waals surface area contributed by atoms with E-state index in [0.717, 1.165) is 11.1 Å². The molecule has 2 atom stereocenters. The maximum atomic E-state index is 13.7. The average Bonchev–Trinajstić information content (AvgIpc) is 3.22. The highest BCUT2D eigenvalue weighted by atomic mass is 31.2. The van der Waals surface area contributed by atoms with Crippen molar-refractivity contribution in [2.24, 2.45) is 0 Å². The van der Waals surface area contributed by atoms with Gasteiger partial charge in [-0.1, -0.05) is 74.5 Å². The van der Waals surface area contributed by atoms with Gasteiger partial charge < -0.3 is 19.3 Å². The Morgan fingerprint density at radius 1 is 0.889 bits per heavy atom. The third kappa shape index (κ3) is 7.91. The van der Waals surface area contributed by atoms with Gasteiger partial charge in [0.2, 0.25) is 5.76 Å². The van der Waals surface area contributed by atoms with Crippen LogP contribution in [-0.2, 0) is 50.4 Å². The number of rotatable bonds is 16. The first-order chi connectivity index (χ1) is 17.5. The zero-order chi connectivity index (χ0) is 25.8. The molecule has 36 heavy (non-hydrogen) atoms. The Balaban J connectivity index is 1.82. The molecule has 0 amide bonds. The Kier molecular flexibility index (Phi) is 11.0. The summed E-state index contributed by atoms with van der Waals surface area (Å²) >= 11 is 0. The largest absolute Gasteiger partial charge is 0.490 e. The predicted molar refractivity (Wildman–Crippen MR) is 131 cm³/mol. The molecule has 0 saturated heterocycles. The predicted octanol–water partition coefficient (Wildman–Crippen LogP) is 4.90. The fraction of sp³-hybridized carbons (Fsp3) is 0.423. The van der Waals surface area contributed by atoms with Crippen LogP contribution in [0, 0.1) is 0 Å². The van der Waals surface area contributed by atoms with Crippen molar-refractivity contribution in [3.8, 4) is 0 Å². The van der Waals surface area contributed by atoms with Crippen LogP contribution in [0.15, 0.2) is 72.2 Å². The fourth-order valence-electron chi connectivity index (χ4n) is 3.29. The van der Waals surface area contributed by atoms with Gasteiger partial charge in [0.15, 0.2) is 11.9 Å². The lowest BCUT2D eigenvalue weighted by Crippen LogP contribution is -2.35. The van der Waals surface area contributed by atoms with Crippen molar-refractivity contribution in [3.05, 3.63) is 83.3 Å². The van der Waals surface area contributed by atoms with Crippen molar-refractivity contribution in [3.63, 3.8) is 0 Å². The lowest BCUT2D eigenvalue weighted by atomic mass is 10.2. The lowest BCUT2D eigenvalue weighted by molar-refractivity contribution is -0.148. The Labute approximate surface area is 211 Å². The molecule has 1 N–H and O–H groups in total. The monoisotopic (exact) mass is 520 g/mol. The summed E-state index contributed by atoms with van der Waals surface area (Å²) < 4.78 is 47.5. The SMILES string of the molecule is CCCOC1=C(OCCC)[C@@H]([C@H](CO)OP(=O)(OCc2ccccc2)OCc2ccccc2)OC1=O. The molecule has 0 bridgehead atoms. The summed E-state index contributed by atoms with van der Waals surface area (Å²) in [6.45, 7) is 3.60. The van der Waals surface area contributed by atoms with E-state index in [4.69, 9.17) is 27.8 Å². The van der Waals surface area contributed by atoms with Crippen LogP contribution in [0.5, 0.6) is 0 Å². The molecule has 0 aromatic heterocycles. The first-order valence-corrected chi connectivity index (χ1v) is 13.4. The van der Waals surface area contributed by atoms with Crippen molar-refractivity contribution in [1.29, 1.82) is 0 Å². The van der Waals surface area contributed by atoms with Gasteiger partial charge in [-0.2, -0.15) is 0 Å². The Morgan fingerprint density at radius 3 is 1.92 bits per heavy atom. The van der Waals surface area contributed by atoms with Crippen LogP contribution >= 0.6 is 7.82 Å². The minimum atomic E-state index is -4.26. The van der Waals surface area contributed by atoms with E-state index in [-0.39, 0.29) is 37.9 Å². The molecule has 10 heteroatoms. The van der Waals surface area contributed by atoms with E-state index in [9.17, 15) is 14.5 Å². The number of aliphatic hydroxyl groups excluding tert-OH is 1. The van der Waals surface area contributed by atoms with E-state index in [1.807, 2.05) is 50.2 Å². The molecular formula is C26H33O9P. The summed E-state index contributed by atoms with van der Waals surface area (Å²) in [5.41, 5.74) is 1.50. The molecule has 0 saturated carbocycles. The summed E-state index contributed by atoms with van der Waals surface area (Å²) in [6.07, 6.45) is -1.15. The van der Waals surface area contributed by atoms with E-state index in [1.54, 1.807) is 24.3 Å². The molecule has 0 unspecified atom stereocenters. The summed E-state index contributed by atoms with van der Waals surface area (Å²) in [6, 6.07) is 18.2. The molecule has 2 aromatic carbocycles. The van der Waals surface area contributed by atoms with E-state index in [0.29, 0.717) is 12.8 Å². The smallest absolute Gasteiger partial charge is 0.475 e. The number of cyclic esters (lactones) is 1. The minimum Gasteiger partial charge on any atom is -0.490 e. The highest BCUT2D eigenvalue weighted by Crippen LogP contribution is 2.53. The van der Waals surface area contributed by atoms with Crippen LogP contribution in [0.25, 0.3) is 0 Å². The van der Waals surface area contributed by atoms with E-state index in [2.05, 4.69) is 0 Å². The number of esters is 1. The molecule has 0 radical (unpaired) electrons. The van der Waals surface area contributed by atoms with Crippen LogP contribution in [-0.4, -0.2) is 43.1 Å². The van der Waals surface area contributed by atoms with Gasteiger partial charge in [-0.15, -0.1) is 0 Å². The molecular weight excluding hydrogens is 487 g/mol. The van der Waals surface area contributed by atoms with Crippen LogP contribution in [0.1, 0.15) is 37.8 Å². The number of hydrogen-bond donors (Lipinski definition) is 1. The van der Waals surface area contributed by atoms with Crippen molar-refractivity contribution >= 4 is 13.8 Å². The van der Waals surface area contributed by atoms with Crippen LogP contribution in [0.2, 0.25) is 0 Å². The number of carbonyl (C=O) groups excluding carboxylic acids is 1. The van der Waals surface area contributed by atoms with Gasteiger partial charge in [0.05, 0.1) is 33.0 Å². The maximum absolute atomic E-state index is 13.7. The standard InChI is InChI=1S/C26H33O9P/c1-3-15-30-24-23(34-26(28)25(24)31-16-4-2)22(17-27)35-36(29,32-18-20-11-7-5-8-12-20)33-19-21-13-9-6-10-14-21/h5-14,22-23,27H,3-4,15-19H2,1-2H3/t22-,23+/m0/s1. The van der Waals surface area contributed by atoms with Crippen LogP contribution in [0.3, 0.4) is 0 Å². The third-order valence-corrected chi connectivity index (χ3v) is 6.48. The molecule has 0 fully saturated rings. The molecule has 0 aliphatic carbocycles. The zero-order valence-electron chi connectivity index (χ0n) is 20.5. The van der Waals surface area contributed by atoms with Crippen molar-refractivity contribution < 1.29 is 42.2 Å². The number of phosphoric acid groups is 1. The maximum Gasteiger partial charge on any atom is 0.475 e. The molecule has 1 aliphatic rings. The molecule has 2 aromatic rings. The second-order valence-corrected chi connectivity index (χ2v) is 9.63. The number of benzene rings is 2. The number of ether oxygens (including phenoxy) is 3. The van der Waals surface area contributed by atoms with Crippen molar-refractivity contribution in [2.75, 3.05) is 19.8 Å². The Bertz CT molecular complexity index is 979. The molecule has 9 nitrogen and oxygen atoms in total. The summed E-state index contributed by atoms with van der Waals surface area (Å²) in [5, 5.41) is 10.1. The van der Waals surface area contributed by atoms with Gasteiger partial charge >= 0.3 is 13.8 Å². The first kappa shape index (κ1) is 27.9. The number of aliphatic hydroxyl groups is 1. The number of hydrogen-bond acceptors (Lipinski definition) is 9. The summed E-state index contributed by atoms with van der Waals surface area (Å²) in [7, 11) is -4.26. The molecule has 0 spiro atoms. The van der Waals surface area contributed by atoms with Crippen molar-refractivity contribution in [1.82, 2.24) is 0 Å². The summed E-state index contributed by atoms with van der Waals surface area (Å²) in [4.78, 5) is 12.5. The van der Waals surface area contributed by atoms with E-state index >= 15 is 0 Å². The van der Waals surface area contributed by atoms with Gasteiger partial charge in [0.25, 0.3) is 0 Å². The van der Waals surface area contributed by atoms with Crippen LogP contribution in [0.4, 0.5) is 0 Å². The second kappa shape index (κ2) is 14.2. The van der Waals surface area contributed by atoms with Crippen LogP contribution < -0.4 is 0 Å². The van der Waals surface area contributed by atoms with Gasteiger partial charge in [0, 0.05) is 0 Å². The van der Waals surface area contributed by atoms with E-state index in [1.165, 1.54) is 0 Å². The quantitative estimate of drug-likeness (QED) is 0.244. The van der Waals surface area contributed by atoms with Gasteiger partial charge in [-0.25, -0.2) is 9.36 Å². The molecule has 3 rings (SSSR count). The molecule has 1 aliphatic heterocycles. The topological polar surface area (TPSA) is 110 Å². The Hall–Kier alpha value is -2.68. The first-order valence-electron chi connectivity index (χ1n) is 12.0. The van der Waals surface area contributed by atoms with Gasteiger partial charge in [0.1, 0.15) is 6.10 Å². The highest BCUT2D eigenvalue weighted by Gasteiger charge is 2.46. The highest BCUT2D eigenvalue weighted by molar-refractivity contribution is 7.48. The van der Waals surface area contributed by atoms with Crippen molar-refractivity contribution in [2.45, 2.75) is 52.1 Å². The fourth-order valence-corrected chi connectivity index (χ4v) is 4.61. The molecule has 1 heterocycles. The lowest BCUT2D eigenvalue weighted by Gasteiger charge is -2.27. The Morgan fingerprint density at radius 2 is 1.42 bits per heavy atom. The van der Waals surface area contributed by atoms with Gasteiger partial charge in [-0.05, 0) is 24.0 Å². The normalized spacial score (nSPS) is 16.6. The number of phosphoric ester groups is 1.